The molecule has 0 aromatic heterocycles. The SMILES string of the molecule is COc1cc(OC)c(OC)cc1/C=C1\C(=O)NC(=O)N(c2cccc(Cl)c2C)C1=O. The lowest BCUT2D eigenvalue weighted by molar-refractivity contribution is -0.122. The molecule has 1 aliphatic rings. The van der Waals surface area contributed by atoms with E-state index in [2.05, 4.69) is 5.32 Å². The molecule has 0 saturated carbocycles. The van der Waals surface area contributed by atoms with Gasteiger partial charge in [0.05, 0.1) is 27.0 Å². The zero-order valence-electron chi connectivity index (χ0n) is 16.7. The van der Waals surface area contributed by atoms with Crippen LogP contribution in [0.1, 0.15) is 11.1 Å². The third-order valence-electron chi connectivity index (χ3n) is 4.62. The first-order valence-electron chi connectivity index (χ1n) is 8.79. The topological polar surface area (TPSA) is 94.2 Å². The second-order valence-corrected chi connectivity index (χ2v) is 6.70. The summed E-state index contributed by atoms with van der Waals surface area (Å²) < 4.78 is 15.9. The van der Waals surface area contributed by atoms with Gasteiger partial charge in [0.25, 0.3) is 11.8 Å². The Morgan fingerprint density at radius 1 is 0.967 bits per heavy atom. The van der Waals surface area contributed by atoms with Crippen LogP contribution in [0.15, 0.2) is 35.9 Å². The van der Waals surface area contributed by atoms with Gasteiger partial charge in [0, 0.05) is 16.7 Å². The zero-order valence-corrected chi connectivity index (χ0v) is 17.5. The monoisotopic (exact) mass is 430 g/mol. The largest absolute Gasteiger partial charge is 0.496 e. The Hall–Kier alpha value is -3.52. The predicted molar refractivity (Wildman–Crippen MR) is 111 cm³/mol. The molecule has 0 radical (unpaired) electrons. The van der Waals surface area contributed by atoms with Gasteiger partial charge in [-0.15, -0.1) is 0 Å². The van der Waals surface area contributed by atoms with Crippen molar-refractivity contribution in [3.8, 4) is 17.2 Å². The zero-order chi connectivity index (χ0) is 22.0. The predicted octanol–water partition coefficient (Wildman–Crippen LogP) is 3.34. The average Bonchev–Trinajstić information content (AvgIpc) is 2.73. The summed E-state index contributed by atoms with van der Waals surface area (Å²) in [6.45, 7) is 1.68. The Labute approximate surface area is 178 Å². The first-order chi connectivity index (χ1) is 14.3. The molecule has 1 saturated heterocycles. The van der Waals surface area contributed by atoms with Crippen LogP contribution in [0.5, 0.6) is 17.2 Å². The van der Waals surface area contributed by atoms with Crippen molar-refractivity contribution in [2.24, 2.45) is 0 Å². The minimum absolute atomic E-state index is 0.250. The second kappa shape index (κ2) is 8.46. The number of ether oxygens (including phenoxy) is 3. The van der Waals surface area contributed by atoms with Crippen molar-refractivity contribution in [2.45, 2.75) is 6.92 Å². The van der Waals surface area contributed by atoms with Gasteiger partial charge < -0.3 is 14.2 Å². The summed E-state index contributed by atoms with van der Waals surface area (Å²) in [5.74, 6) is -0.457. The van der Waals surface area contributed by atoms with Gasteiger partial charge in [-0.1, -0.05) is 17.7 Å². The number of urea groups is 1. The number of benzene rings is 2. The second-order valence-electron chi connectivity index (χ2n) is 6.29. The van der Waals surface area contributed by atoms with E-state index in [4.69, 9.17) is 25.8 Å². The standard InChI is InChI=1S/C21H19ClN2O6/c1-11-14(22)6-5-7-15(11)24-20(26)13(19(25)23-21(24)27)8-12-9-17(29-3)18(30-4)10-16(12)28-2/h5-10H,1-4H3,(H,23,25,27)/b13-8+. The van der Waals surface area contributed by atoms with E-state index in [9.17, 15) is 14.4 Å². The maximum Gasteiger partial charge on any atom is 0.335 e. The van der Waals surface area contributed by atoms with Crippen molar-refractivity contribution in [2.75, 3.05) is 26.2 Å². The number of hydrogen-bond donors (Lipinski definition) is 1. The van der Waals surface area contributed by atoms with E-state index in [1.807, 2.05) is 0 Å². The normalized spacial score (nSPS) is 15.3. The highest BCUT2D eigenvalue weighted by atomic mass is 35.5. The molecule has 0 spiro atoms. The van der Waals surface area contributed by atoms with Crippen LogP contribution < -0.4 is 24.4 Å². The third-order valence-corrected chi connectivity index (χ3v) is 5.03. The van der Waals surface area contributed by atoms with Gasteiger partial charge in [-0.3, -0.25) is 14.9 Å². The molecule has 3 rings (SSSR count). The molecule has 4 amide bonds. The quantitative estimate of drug-likeness (QED) is 0.577. The van der Waals surface area contributed by atoms with Crippen molar-refractivity contribution in [3.05, 3.63) is 52.1 Å². The Bertz CT molecular complexity index is 1080. The molecular weight excluding hydrogens is 412 g/mol. The summed E-state index contributed by atoms with van der Waals surface area (Å²) in [5.41, 5.74) is 0.952. The van der Waals surface area contributed by atoms with Crippen LogP contribution in [0.2, 0.25) is 5.02 Å². The van der Waals surface area contributed by atoms with Crippen LogP contribution >= 0.6 is 11.6 Å². The van der Waals surface area contributed by atoms with Crippen LogP contribution in [-0.2, 0) is 9.59 Å². The summed E-state index contributed by atoms with van der Waals surface area (Å²) in [7, 11) is 4.38. The third kappa shape index (κ3) is 3.69. The van der Waals surface area contributed by atoms with Crippen molar-refractivity contribution in [3.63, 3.8) is 0 Å². The van der Waals surface area contributed by atoms with E-state index in [0.29, 0.717) is 33.4 Å². The number of barbiturate groups is 1. The number of hydrogen-bond acceptors (Lipinski definition) is 6. The fourth-order valence-electron chi connectivity index (χ4n) is 3.04. The Kier molecular flexibility index (Phi) is 5.98. The van der Waals surface area contributed by atoms with Gasteiger partial charge in [-0.2, -0.15) is 0 Å². The number of carbonyl (C=O) groups is 3. The summed E-state index contributed by atoms with van der Waals surface area (Å²) in [5, 5.41) is 2.57. The van der Waals surface area contributed by atoms with Crippen LogP contribution in [0, 0.1) is 6.92 Å². The molecule has 0 bridgehead atoms. The number of methoxy groups -OCH3 is 3. The van der Waals surface area contributed by atoms with E-state index < -0.39 is 17.8 Å². The first kappa shape index (κ1) is 21.2. The van der Waals surface area contributed by atoms with Gasteiger partial charge in [0.2, 0.25) is 0 Å². The molecular formula is C21H19ClN2O6. The molecule has 8 nitrogen and oxygen atoms in total. The maximum absolute atomic E-state index is 13.1. The highest BCUT2D eigenvalue weighted by Gasteiger charge is 2.37. The van der Waals surface area contributed by atoms with Gasteiger partial charge in [0.1, 0.15) is 11.3 Å². The van der Waals surface area contributed by atoms with Crippen molar-refractivity contribution in [1.29, 1.82) is 0 Å². The molecule has 1 aliphatic heterocycles. The van der Waals surface area contributed by atoms with E-state index in [1.54, 1.807) is 37.3 Å². The average molecular weight is 431 g/mol. The molecule has 1 heterocycles. The van der Waals surface area contributed by atoms with E-state index in [-0.39, 0.29) is 11.3 Å². The lowest BCUT2D eigenvalue weighted by atomic mass is 10.0. The Balaban J connectivity index is 2.12. The molecule has 30 heavy (non-hydrogen) atoms. The summed E-state index contributed by atoms with van der Waals surface area (Å²) in [6, 6.07) is 7.11. The summed E-state index contributed by atoms with van der Waals surface area (Å²) in [6.07, 6.45) is 1.33. The van der Waals surface area contributed by atoms with Crippen LogP contribution in [0.4, 0.5) is 10.5 Å². The van der Waals surface area contributed by atoms with Crippen molar-refractivity contribution >= 4 is 41.2 Å². The smallest absolute Gasteiger partial charge is 0.335 e. The van der Waals surface area contributed by atoms with Crippen molar-refractivity contribution in [1.82, 2.24) is 5.32 Å². The molecule has 2 aromatic carbocycles. The van der Waals surface area contributed by atoms with Crippen LogP contribution in [0.25, 0.3) is 6.08 Å². The van der Waals surface area contributed by atoms with Gasteiger partial charge in [-0.05, 0) is 36.8 Å². The fraction of sp³-hybridized carbons (Fsp3) is 0.190. The molecule has 0 unspecified atom stereocenters. The molecule has 156 valence electrons. The van der Waals surface area contributed by atoms with E-state index in [1.165, 1.54) is 27.4 Å². The molecule has 1 N–H and O–H groups in total. The molecule has 2 aromatic rings. The molecule has 1 fully saturated rings. The lowest BCUT2D eigenvalue weighted by Crippen LogP contribution is -2.54. The Morgan fingerprint density at radius 3 is 2.23 bits per heavy atom. The van der Waals surface area contributed by atoms with E-state index in [0.717, 1.165) is 4.90 Å². The number of rotatable bonds is 5. The number of carbonyl (C=O) groups excluding carboxylic acids is 3. The van der Waals surface area contributed by atoms with Gasteiger partial charge in [-0.25, -0.2) is 9.69 Å². The molecule has 0 atom stereocenters. The highest BCUT2D eigenvalue weighted by Crippen LogP contribution is 2.36. The Morgan fingerprint density at radius 2 is 1.60 bits per heavy atom. The number of imide groups is 2. The van der Waals surface area contributed by atoms with Crippen LogP contribution in [0.3, 0.4) is 0 Å². The molecule has 0 aliphatic carbocycles. The fourth-order valence-corrected chi connectivity index (χ4v) is 3.21. The number of anilines is 1. The number of nitrogens with one attached hydrogen (secondary N) is 1. The summed E-state index contributed by atoms with van der Waals surface area (Å²) in [4.78, 5) is 38.9. The first-order valence-corrected chi connectivity index (χ1v) is 9.16. The number of amides is 4. The highest BCUT2D eigenvalue weighted by molar-refractivity contribution is 6.40. The van der Waals surface area contributed by atoms with Crippen LogP contribution in [-0.4, -0.2) is 39.2 Å². The summed E-state index contributed by atoms with van der Waals surface area (Å²) >= 11 is 6.13. The number of halogens is 1. The van der Waals surface area contributed by atoms with Gasteiger partial charge in [0.15, 0.2) is 11.5 Å². The minimum atomic E-state index is -0.855. The molecule has 9 heteroatoms. The van der Waals surface area contributed by atoms with Crippen molar-refractivity contribution < 1.29 is 28.6 Å². The lowest BCUT2D eigenvalue weighted by Gasteiger charge is -2.28. The number of nitrogens with zero attached hydrogens (tertiary/aromatic N) is 1. The minimum Gasteiger partial charge on any atom is -0.496 e. The maximum atomic E-state index is 13.1. The van der Waals surface area contributed by atoms with E-state index >= 15 is 0 Å². The van der Waals surface area contributed by atoms with Gasteiger partial charge >= 0.3 is 6.03 Å².